The Labute approximate surface area is 190 Å². The van der Waals surface area contributed by atoms with E-state index in [0.29, 0.717) is 13.2 Å². The SMILES string of the molecule is CCCCCCCCOC(=O)C(=CC=CN1CCCC1)C(=O)OCCCCCCCC. The van der Waals surface area contributed by atoms with Crippen molar-refractivity contribution in [3.8, 4) is 0 Å². The molecule has 0 aromatic heterocycles. The van der Waals surface area contributed by atoms with Gasteiger partial charge in [-0.3, -0.25) is 0 Å². The smallest absolute Gasteiger partial charge is 0.345 e. The van der Waals surface area contributed by atoms with Gasteiger partial charge in [0.2, 0.25) is 0 Å². The van der Waals surface area contributed by atoms with Crippen molar-refractivity contribution >= 4 is 11.9 Å². The monoisotopic (exact) mass is 435 g/mol. The highest BCUT2D eigenvalue weighted by Gasteiger charge is 2.21. The van der Waals surface area contributed by atoms with Crippen LogP contribution in [-0.4, -0.2) is 43.1 Å². The molecule has 0 aromatic rings. The Morgan fingerprint density at radius 1 is 0.710 bits per heavy atom. The Morgan fingerprint density at radius 2 is 1.16 bits per heavy atom. The second kappa shape index (κ2) is 18.9. The average Bonchev–Trinajstić information content (AvgIpc) is 3.28. The summed E-state index contributed by atoms with van der Waals surface area (Å²) >= 11 is 0. The molecule has 0 bridgehead atoms. The average molecular weight is 436 g/mol. The number of hydrogen-bond donors (Lipinski definition) is 0. The molecule has 178 valence electrons. The molecule has 1 heterocycles. The van der Waals surface area contributed by atoms with Gasteiger partial charge in [-0.15, -0.1) is 0 Å². The van der Waals surface area contributed by atoms with Crippen LogP contribution in [0.3, 0.4) is 0 Å². The fourth-order valence-electron chi connectivity index (χ4n) is 3.62. The van der Waals surface area contributed by atoms with Crippen LogP contribution in [0, 0.1) is 0 Å². The van der Waals surface area contributed by atoms with Gasteiger partial charge in [0.1, 0.15) is 5.57 Å². The standard InChI is InChI=1S/C26H45NO4/c1-3-5-7-9-11-15-22-30-25(28)24(18-17-21-27-19-13-14-20-27)26(29)31-23-16-12-10-8-6-4-2/h17-18,21H,3-16,19-20,22-23H2,1-2H3. The number of carbonyl (C=O) groups excluding carboxylic acids is 2. The summed E-state index contributed by atoms with van der Waals surface area (Å²) < 4.78 is 10.7. The zero-order valence-corrected chi connectivity index (χ0v) is 20.0. The zero-order valence-electron chi connectivity index (χ0n) is 20.0. The van der Waals surface area contributed by atoms with Crippen LogP contribution in [0.15, 0.2) is 23.9 Å². The number of carbonyl (C=O) groups is 2. The van der Waals surface area contributed by atoms with E-state index in [1.807, 2.05) is 6.20 Å². The van der Waals surface area contributed by atoms with Crippen LogP contribution in [0.1, 0.15) is 104 Å². The molecule has 1 fully saturated rings. The van der Waals surface area contributed by atoms with Gasteiger partial charge in [0, 0.05) is 13.1 Å². The van der Waals surface area contributed by atoms with Gasteiger partial charge in [-0.2, -0.15) is 0 Å². The van der Waals surface area contributed by atoms with E-state index in [4.69, 9.17) is 9.47 Å². The van der Waals surface area contributed by atoms with Gasteiger partial charge in [0.05, 0.1) is 13.2 Å². The van der Waals surface area contributed by atoms with Crippen LogP contribution in [0.4, 0.5) is 0 Å². The van der Waals surface area contributed by atoms with E-state index in [1.54, 1.807) is 12.2 Å². The molecule has 0 aromatic carbocycles. The lowest BCUT2D eigenvalue weighted by Crippen LogP contribution is -2.19. The summed E-state index contributed by atoms with van der Waals surface area (Å²) in [5, 5.41) is 0. The minimum atomic E-state index is -0.576. The number of likely N-dealkylation sites (tertiary alicyclic amines) is 1. The van der Waals surface area contributed by atoms with Gasteiger partial charge in [0.15, 0.2) is 0 Å². The molecule has 5 nitrogen and oxygen atoms in total. The van der Waals surface area contributed by atoms with Gasteiger partial charge in [-0.05, 0) is 44.0 Å². The molecule has 0 N–H and O–H groups in total. The highest BCUT2D eigenvalue weighted by atomic mass is 16.6. The molecule has 0 atom stereocenters. The molecular weight excluding hydrogens is 390 g/mol. The van der Waals surface area contributed by atoms with E-state index in [-0.39, 0.29) is 5.57 Å². The van der Waals surface area contributed by atoms with Crippen molar-refractivity contribution in [3.05, 3.63) is 23.9 Å². The second-order valence-electron chi connectivity index (χ2n) is 8.47. The van der Waals surface area contributed by atoms with Gasteiger partial charge in [-0.25, -0.2) is 9.59 Å². The minimum absolute atomic E-state index is 0.00703. The van der Waals surface area contributed by atoms with Crippen molar-refractivity contribution < 1.29 is 19.1 Å². The van der Waals surface area contributed by atoms with Crippen LogP contribution in [0.2, 0.25) is 0 Å². The lowest BCUT2D eigenvalue weighted by molar-refractivity contribution is -0.147. The Balaban J connectivity index is 2.45. The fraction of sp³-hybridized carbons (Fsp3) is 0.769. The molecule has 1 aliphatic rings. The third-order valence-corrected chi connectivity index (χ3v) is 5.60. The normalized spacial score (nSPS) is 13.5. The highest BCUT2D eigenvalue weighted by Crippen LogP contribution is 2.11. The summed E-state index contributed by atoms with van der Waals surface area (Å²) in [4.78, 5) is 27.2. The number of unbranched alkanes of at least 4 members (excludes halogenated alkanes) is 10. The molecule has 1 rings (SSSR count). The summed E-state index contributed by atoms with van der Waals surface area (Å²) in [6.07, 6.45) is 21.1. The summed E-state index contributed by atoms with van der Waals surface area (Å²) in [5.74, 6) is -1.15. The van der Waals surface area contributed by atoms with Crippen LogP contribution in [0.25, 0.3) is 0 Å². The second-order valence-corrected chi connectivity index (χ2v) is 8.47. The molecule has 0 amide bonds. The Hall–Kier alpha value is -1.78. The van der Waals surface area contributed by atoms with Crippen molar-refractivity contribution in [3.63, 3.8) is 0 Å². The summed E-state index contributed by atoms with van der Waals surface area (Å²) in [6, 6.07) is 0. The lowest BCUT2D eigenvalue weighted by atomic mass is 10.1. The Morgan fingerprint density at radius 3 is 1.65 bits per heavy atom. The fourth-order valence-corrected chi connectivity index (χ4v) is 3.62. The molecule has 0 spiro atoms. The maximum atomic E-state index is 12.5. The number of rotatable bonds is 18. The predicted octanol–water partition coefficient (Wildman–Crippen LogP) is 6.33. The van der Waals surface area contributed by atoms with Crippen molar-refractivity contribution in [1.29, 1.82) is 0 Å². The van der Waals surface area contributed by atoms with E-state index >= 15 is 0 Å². The minimum Gasteiger partial charge on any atom is -0.462 e. The van der Waals surface area contributed by atoms with Crippen molar-refractivity contribution in [2.45, 2.75) is 104 Å². The number of esters is 2. The molecule has 0 unspecified atom stereocenters. The van der Waals surface area contributed by atoms with E-state index < -0.39 is 11.9 Å². The molecular formula is C26H45NO4. The third-order valence-electron chi connectivity index (χ3n) is 5.60. The molecule has 5 heteroatoms. The maximum Gasteiger partial charge on any atom is 0.345 e. The van der Waals surface area contributed by atoms with Crippen molar-refractivity contribution in [2.75, 3.05) is 26.3 Å². The lowest BCUT2D eigenvalue weighted by Gasteiger charge is -2.10. The first kappa shape index (κ1) is 27.3. The number of allylic oxidation sites excluding steroid dienone is 2. The first-order valence-corrected chi connectivity index (χ1v) is 12.7. The van der Waals surface area contributed by atoms with Crippen molar-refractivity contribution in [2.24, 2.45) is 0 Å². The van der Waals surface area contributed by atoms with Gasteiger partial charge in [0.25, 0.3) is 0 Å². The molecule has 0 radical (unpaired) electrons. The first-order valence-electron chi connectivity index (χ1n) is 12.7. The van der Waals surface area contributed by atoms with E-state index in [1.165, 1.54) is 51.4 Å². The van der Waals surface area contributed by atoms with E-state index in [9.17, 15) is 9.59 Å². The zero-order chi connectivity index (χ0) is 22.6. The third kappa shape index (κ3) is 14.0. The first-order chi connectivity index (χ1) is 15.2. The van der Waals surface area contributed by atoms with Crippen LogP contribution in [-0.2, 0) is 19.1 Å². The molecule has 0 aliphatic carbocycles. The molecule has 0 saturated carbocycles. The van der Waals surface area contributed by atoms with Gasteiger partial charge in [-0.1, -0.05) is 78.1 Å². The number of nitrogens with zero attached hydrogens (tertiary/aromatic N) is 1. The van der Waals surface area contributed by atoms with Crippen LogP contribution >= 0.6 is 0 Å². The highest BCUT2D eigenvalue weighted by molar-refractivity contribution is 6.14. The van der Waals surface area contributed by atoms with E-state index in [2.05, 4.69) is 18.7 Å². The van der Waals surface area contributed by atoms with Crippen LogP contribution < -0.4 is 0 Å². The molecule has 31 heavy (non-hydrogen) atoms. The predicted molar refractivity (Wildman–Crippen MR) is 127 cm³/mol. The van der Waals surface area contributed by atoms with Gasteiger partial charge >= 0.3 is 11.9 Å². The summed E-state index contributed by atoms with van der Waals surface area (Å²) in [6.45, 7) is 7.12. The molecule has 1 aliphatic heterocycles. The van der Waals surface area contributed by atoms with Crippen LogP contribution in [0.5, 0.6) is 0 Å². The molecule has 1 saturated heterocycles. The number of ether oxygens (including phenoxy) is 2. The Kier molecular flexibility index (Phi) is 16.7. The largest absolute Gasteiger partial charge is 0.462 e. The summed E-state index contributed by atoms with van der Waals surface area (Å²) in [5.41, 5.74) is -0.00703. The summed E-state index contributed by atoms with van der Waals surface area (Å²) in [7, 11) is 0. The number of hydrogen-bond acceptors (Lipinski definition) is 5. The maximum absolute atomic E-state index is 12.5. The van der Waals surface area contributed by atoms with E-state index in [0.717, 1.165) is 51.6 Å². The topological polar surface area (TPSA) is 55.8 Å². The quantitative estimate of drug-likeness (QED) is 0.0629. The van der Waals surface area contributed by atoms with Gasteiger partial charge < -0.3 is 14.4 Å². The van der Waals surface area contributed by atoms with Crippen molar-refractivity contribution in [1.82, 2.24) is 4.90 Å². The Bertz CT molecular complexity index is 504.